The van der Waals surface area contributed by atoms with Crippen molar-refractivity contribution in [1.82, 2.24) is 9.88 Å². The lowest BCUT2D eigenvalue weighted by atomic mass is 9.76. The Kier molecular flexibility index (Phi) is 6.39. The van der Waals surface area contributed by atoms with Crippen LogP contribution >= 0.6 is 27.5 Å². The molecule has 0 bridgehead atoms. The normalized spacial score (nSPS) is 18.4. The Labute approximate surface area is 207 Å². The van der Waals surface area contributed by atoms with Crippen LogP contribution in [0.3, 0.4) is 0 Å². The van der Waals surface area contributed by atoms with Gasteiger partial charge in [-0.25, -0.2) is 0 Å². The van der Waals surface area contributed by atoms with Gasteiger partial charge in [-0.3, -0.25) is 15.0 Å². The fraction of sp³-hybridized carbons (Fsp3) is 0.346. The van der Waals surface area contributed by atoms with Crippen LogP contribution in [-0.4, -0.2) is 34.1 Å². The van der Waals surface area contributed by atoms with E-state index in [0.29, 0.717) is 12.3 Å². The molecule has 5 nitrogen and oxygen atoms in total. The summed E-state index contributed by atoms with van der Waals surface area (Å²) in [4.78, 5) is 19.7. The molecule has 1 amide bonds. The molecule has 7 heteroatoms. The maximum atomic E-state index is 12.9. The van der Waals surface area contributed by atoms with Crippen LogP contribution in [0.1, 0.15) is 46.7 Å². The lowest BCUT2D eigenvalue weighted by Gasteiger charge is -2.37. The molecule has 2 aromatic heterocycles. The number of aryl methyl sites for hydroxylation is 2. The first-order valence-electron chi connectivity index (χ1n) is 11.4. The lowest BCUT2D eigenvalue weighted by molar-refractivity contribution is -0.904. The van der Waals surface area contributed by atoms with Crippen molar-refractivity contribution in [2.75, 3.05) is 13.1 Å². The van der Waals surface area contributed by atoms with Crippen molar-refractivity contribution in [3.8, 4) is 0 Å². The quantitative estimate of drug-likeness (QED) is 0.396. The third-order valence-electron chi connectivity index (χ3n) is 6.98. The molecule has 0 radical (unpaired) electrons. The van der Waals surface area contributed by atoms with Crippen LogP contribution < -0.4 is 4.73 Å². The number of carbonyl (C=O) groups excluding carboxylic acids is 1. The summed E-state index contributed by atoms with van der Waals surface area (Å²) in [6.45, 7) is 1.49. The smallest absolute Gasteiger partial charge is 0.226 e. The minimum atomic E-state index is 0.136. The van der Waals surface area contributed by atoms with Crippen molar-refractivity contribution in [1.29, 1.82) is 0 Å². The van der Waals surface area contributed by atoms with E-state index in [1.165, 1.54) is 22.4 Å². The second-order valence-corrected chi connectivity index (χ2v) is 10.3. The van der Waals surface area contributed by atoms with Gasteiger partial charge in [0.25, 0.3) is 0 Å². The van der Waals surface area contributed by atoms with Gasteiger partial charge in [0, 0.05) is 51.6 Å². The Balaban J connectivity index is 1.38. The van der Waals surface area contributed by atoms with Crippen molar-refractivity contribution in [2.45, 2.75) is 38.0 Å². The first-order chi connectivity index (χ1) is 16.0. The van der Waals surface area contributed by atoms with E-state index in [1.807, 2.05) is 23.2 Å². The Morgan fingerprint density at radius 2 is 1.88 bits per heavy atom. The number of hydrogen-bond donors (Lipinski definition) is 1. The van der Waals surface area contributed by atoms with Crippen molar-refractivity contribution in [3.63, 3.8) is 0 Å². The zero-order valence-corrected chi connectivity index (χ0v) is 20.6. The van der Waals surface area contributed by atoms with E-state index in [1.54, 1.807) is 24.5 Å². The second kappa shape index (κ2) is 9.43. The summed E-state index contributed by atoms with van der Waals surface area (Å²) in [5, 5.41) is 10.1. The van der Waals surface area contributed by atoms with Crippen LogP contribution in [0.15, 0.2) is 59.5 Å². The fourth-order valence-corrected chi connectivity index (χ4v) is 6.46. The summed E-state index contributed by atoms with van der Waals surface area (Å²) in [6, 6.07) is 11.9. The summed E-state index contributed by atoms with van der Waals surface area (Å²) >= 11 is 10.2. The molecule has 170 valence electrons. The van der Waals surface area contributed by atoms with E-state index < -0.39 is 0 Å². The van der Waals surface area contributed by atoms with Gasteiger partial charge in [-0.05, 0) is 72.1 Å². The van der Waals surface area contributed by atoms with E-state index in [2.05, 4.69) is 28.1 Å². The zero-order valence-electron chi connectivity index (χ0n) is 18.3. The first-order valence-corrected chi connectivity index (χ1v) is 12.6. The predicted octanol–water partition coefficient (Wildman–Crippen LogP) is 4.73. The number of piperidine rings is 1. The molecule has 1 atom stereocenters. The summed E-state index contributed by atoms with van der Waals surface area (Å²) in [7, 11) is 0. The second-order valence-electron chi connectivity index (χ2n) is 8.97. The van der Waals surface area contributed by atoms with Crippen LogP contribution in [0.5, 0.6) is 0 Å². The first kappa shape index (κ1) is 22.4. The van der Waals surface area contributed by atoms with E-state index in [4.69, 9.17) is 16.6 Å². The number of halogens is 2. The summed E-state index contributed by atoms with van der Waals surface area (Å²) in [5.74, 6) is 0.732. The highest BCUT2D eigenvalue weighted by atomic mass is 79.9. The molecule has 1 N–H and O–H groups in total. The Hall–Kier alpha value is -2.44. The van der Waals surface area contributed by atoms with Gasteiger partial charge in [0.05, 0.1) is 12.1 Å². The molecule has 2 aliphatic rings. The summed E-state index contributed by atoms with van der Waals surface area (Å²) in [5.41, 5.74) is 5.99. The molecular formula is C26H26BrClN3O2+. The van der Waals surface area contributed by atoms with Crippen molar-refractivity contribution in [3.05, 3.63) is 92.4 Å². The van der Waals surface area contributed by atoms with E-state index in [-0.39, 0.29) is 11.8 Å². The van der Waals surface area contributed by atoms with Gasteiger partial charge in [0.15, 0.2) is 0 Å². The number of fused-ring (bicyclic) bond motifs is 2. The van der Waals surface area contributed by atoms with Crippen LogP contribution in [0.4, 0.5) is 0 Å². The minimum Gasteiger partial charge on any atom is -0.342 e. The molecule has 33 heavy (non-hydrogen) atoms. The fourth-order valence-electron chi connectivity index (χ4n) is 5.34. The molecule has 1 fully saturated rings. The molecule has 1 unspecified atom stereocenters. The van der Waals surface area contributed by atoms with Gasteiger partial charge in [0.2, 0.25) is 18.3 Å². The highest BCUT2D eigenvalue weighted by molar-refractivity contribution is 9.10. The Morgan fingerprint density at radius 1 is 1.15 bits per heavy atom. The predicted molar refractivity (Wildman–Crippen MR) is 129 cm³/mol. The molecule has 1 aliphatic carbocycles. The van der Waals surface area contributed by atoms with Gasteiger partial charge < -0.3 is 4.90 Å². The SMILES string of the molecule is O=C(Cc1cc[n+](O)cc1)N1CCC(C2c3ncccc3CCc3cc(Cl)cc(Br)c32)CC1. The molecule has 3 heterocycles. The average Bonchev–Trinajstić information content (AvgIpc) is 2.98. The number of pyridine rings is 2. The van der Waals surface area contributed by atoms with Gasteiger partial charge in [-0.15, -0.1) is 0 Å². The molecule has 0 spiro atoms. The van der Waals surface area contributed by atoms with Crippen LogP contribution in [0, 0.1) is 5.92 Å². The number of likely N-dealkylation sites (tertiary alicyclic amines) is 1. The third kappa shape index (κ3) is 4.64. The molecule has 1 aliphatic heterocycles. The molecule has 1 saturated heterocycles. The molecular weight excluding hydrogens is 502 g/mol. The minimum absolute atomic E-state index is 0.136. The number of hydrogen-bond acceptors (Lipinski definition) is 3. The number of carbonyl (C=O) groups is 1. The van der Waals surface area contributed by atoms with Gasteiger partial charge in [0.1, 0.15) is 0 Å². The van der Waals surface area contributed by atoms with E-state index in [9.17, 15) is 10.0 Å². The van der Waals surface area contributed by atoms with Crippen molar-refractivity contribution < 1.29 is 14.7 Å². The maximum absolute atomic E-state index is 12.9. The topological polar surface area (TPSA) is 57.3 Å². The highest BCUT2D eigenvalue weighted by Crippen LogP contribution is 2.45. The molecule has 0 saturated carbocycles. The van der Waals surface area contributed by atoms with E-state index in [0.717, 1.165) is 58.6 Å². The lowest BCUT2D eigenvalue weighted by Crippen LogP contribution is -2.41. The number of rotatable bonds is 3. The van der Waals surface area contributed by atoms with Crippen LogP contribution in [-0.2, 0) is 24.1 Å². The number of amides is 1. The zero-order chi connectivity index (χ0) is 22.9. The Bertz CT molecular complexity index is 1180. The highest BCUT2D eigenvalue weighted by Gasteiger charge is 2.36. The average molecular weight is 528 g/mol. The van der Waals surface area contributed by atoms with Crippen molar-refractivity contribution >= 4 is 33.4 Å². The Morgan fingerprint density at radius 3 is 2.64 bits per heavy atom. The van der Waals surface area contributed by atoms with Crippen LogP contribution in [0.25, 0.3) is 0 Å². The molecule has 1 aromatic carbocycles. The van der Waals surface area contributed by atoms with Gasteiger partial charge in [-0.1, -0.05) is 33.6 Å². The summed E-state index contributed by atoms with van der Waals surface area (Å²) < 4.78 is 2.04. The molecule has 5 rings (SSSR count). The monoisotopic (exact) mass is 526 g/mol. The maximum Gasteiger partial charge on any atom is 0.226 e. The number of nitrogens with zero attached hydrogens (tertiary/aromatic N) is 3. The van der Waals surface area contributed by atoms with Crippen LogP contribution in [0.2, 0.25) is 5.02 Å². The standard InChI is InChI=1S/C26H26BrClN3O2/c27-22-16-21(28)15-20-4-3-19-2-1-9-29-26(19)25(24(20)22)18-7-10-30(11-8-18)23(32)14-17-5-12-31(33)13-6-17/h1-2,5-6,9,12-13,15-16,18,25,33H,3-4,7-8,10-11,14H2/q+1. The number of aromatic nitrogens is 2. The summed E-state index contributed by atoms with van der Waals surface area (Å²) in [6.07, 6.45) is 9.13. The third-order valence-corrected chi connectivity index (χ3v) is 7.85. The van der Waals surface area contributed by atoms with E-state index >= 15 is 0 Å². The van der Waals surface area contributed by atoms with Crippen molar-refractivity contribution in [2.24, 2.45) is 5.92 Å². The largest absolute Gasteiger partial charge is 0.342 e. The van der Waals surface area contributed by atoms with Gasteiger partial charge in [-0.2, -0.15) is 0 Å². The number of benzene rings is 1. The van der Waals surface area contributed by atoms with Gasteiger partial charge >= 0.3 is 0 Å². The molecule has 3 aromatic rings.